The molecular weight excluding hydrogens is 463 g/mol. The fourth-order valence-corrected chi connectivity index (χ4v) is 3.50. The summed E-state index contributed by atoms with van der Waals surface area (Å²) < 4.78 is 75.8. The Labute approximate surface area is 186 Å². The van der Waals surface area contributed by atoms with Crippen molar-refractivity contribution in [3.8, 4) is 22.8 Å². The van der Waals surface area contributed by atoms with Crippen LogP contribution in [0, 0.1) is 0 Å². The van der Waals surface area contributed by atoms with Crippen LogP contribution in [-0.2, 0) is 22.6 Å². The number of nitrogens with zero attached hydrogens (tertiary/aromatic N) is 3. The molecule has 174 valence electrons. The van der Waals surface area contributed by atoms with Crippen LogP contribution in [-0.4, -0.2) is 37.2 Å². The fourth-order valence-electron chi connectivity index (χ4n) is 2.90. The number of halogens is 3. The first-order chi connectivity index (χ1) is 15.5. The SMILES string of the molecule is C=CS(=O)(=O)c1nc(-c2ccc(=O)n(Cc3ccc(OC)c(OC)c3)c2)cc(C(F)(F)F)n1. The number of aromatic nitrogens is 3. The van der Waals surface area contributed by atoms with Crippen LogP contribution in [0.1, 0.15) is 11.3 Å². The largest absolute Gasteiger partial charge is 0.493 e. The van der Waals surface area contributed by atoms with Gasteiger partial charge in [-0.05, 0) is 29.8 Å². The van der Waals surface area contributed by atoms with Gasteiger partial charge in [0.1, 0.15) is 5.69 Å². The van der Waals surface area contributed by atoms with Crippen molar-refractivity contribution in [3.05, 3.63) is 76.2 Å². The summed E-state index contributed by atoms with van der Waals surface area (Å²) in [6, 6.07) is 8.01. The number of pyridine rings is 1. The Morgan fingerprint density at radius 2 is 1.76 bits per heavy atom. The molecule has 0 aliphatic heterocycles. The molecule has 2 aromatic heterocycles. The molecule has 3 rings (SSSR count). The lowest BCUT2D eigenvalue weighted by atomic mass is 10.1. The van der Waals surface area contributed by atoms with Crippen LogP contribution in [0.25, 0.3) is 11.3 Å². The van der Waals surface area contributed by atoms with Crippen LogP contribution < -0.4 is 15.0 Å². The van der Waals surface area contributed by atoms with Crippen molar-refractivity contribution in [2.45, 2.75) is 17.9 Å². The average molecular weight is 481 g/mol. The molecule has 0 spiro atoms. The Balaban J connectivity index is 2.10. The van der Waals surface area contributed by atoms with Gasteiger partial charge in [0.05, 0.1) is 26.5 Å². The third kappa shape index (κ3) is 5.22. The minimum Gasteiger partial charge on any atom is -0.493 e. The van der Waals surface area contributed by atoms with Gasteiger partial charge in [-0.3, -0.25) is 4.79 Å². The number of ether oxygens (including phenoxy) is 2. The number of benzene rings is 1. The normalized spacial score (nSPS) is 11.8. The van der Waals surface area contributed by atoms with E-state index in [0.29, 0.717) is 28.5 Å². The second-order valence-electron chi connectivity index (χ2n) is 6.70. The standard InChI is InChI=1S/C21H18F3N3O5S/c1-4-33(29,30)20-25-15(10-18(26-20)21(22,23)24)14-6-8-19(28)27(12-14)11-13-5-7-16(31-2)17(9-13)32-3/h4-10,12H,1,11H2,2-3H3. The Morgan fingerprint density at radius 1 is 1.06 bits per heavy atom. The van der Waals surface area contributed by atoms with Gasteiger partial charge in [-0.15, -0.1) is 0 Å². The lowest BCUT2D eigenvalue weighted by Crippen LogP contribution is -2.19. The van der Waals surface area contributed by atoms with E-state index in [-0.39, 0.29) is 17.8 Å². The summed E-state index contributed by atoms with van der Waals surface area (Å²) in [6.45, 7) is 3.15. The predicted octanol–water partition coefficient (Wildman–Crippen LogP) is 3.31. The lowest BCUT2D eigenvalue weighted by molar-refractivity contribution is -0.141. The molecule has 0 saturated heterocycles. The van der Waals surface area contributed by atoms with Gasteiger partial charge in [-0.1, -0.05) is 12.6 Å². The van der Waals surface area contributed by atoms with Crippen LogP contribution in [0.4, 0.5) is 13.2 Å². The first-order valence-corrected chi connectivity index (χ1v) is 10.8. The van der Waals surface area contributed by atoms with E-state index in [2.05, 4.69) is 16.5 Å². The molecule has 2 heterocycles. The van der Waals surface area contributed by atoms with Crippen molar-refractivity contribution in [1.82, 2.24) is 14.5 Å². The summed E-state index contributed by atoms with van der Waals surface area (Å²) in [7, 11) is -1.41. The van der Waals surface area contributed by atoms with Crippen LogP contribution in [0.3, 0.4) is 0 Å². The van der Waals surface area contributed by atoms with Crippen molar-refractivity contribution in [2.75, 3.05) is 14.2 Å². The van der Waals surface area contributed by atoms with Crippen molar-refractivity contribution in [1.29, 1.82) is 0 Å². The molecule has 0 atom stereocenters. The molecule has 0 aliphatic rings. The summed E-state index contributed by atoms with van der Waals surface area (Å²) in [5.74, 6) is 0.920. The maximum absolute atomic E-state index is 13.3. The van der Waals surface area contributed by atoms with Crippen LogP contribution in [0.5, 0.6) is 11.5 Å². The summed E-state index contributed by atoms with van der Waals surface area (Å²) in [4.78, 5) is 19.3. The third-order valence-electron chi connectivity index (χ3n) is 4.55. The maximum Gasteiger partial charge on any atom is 0.433 e. The van der Waals surface area contributed by atoms with E-state index >= 15 is 0 Å². The van der Waals surface area contributed by atoms with Gasteiger partial charge >= 0.3 is 6.18 Å². The topological polar surface area (TPSA) is 100 Å². The summed E-state index contributed by atoms with van der Waals surface area (Å²) >= 11 is 0. The number of rotatable bonds is 7. The molecule has 3 aromatic rings. The molecule has 1 aromatic carbocycles. The molecule has 0 N–H and O–H groups in total. The highest BCUT2D eigenvalue weighted by Crippen LogP contribution is 2.31. The number of hydrogen-bond acceptors (Lipinski definition) is 7. The maximum atomic E-state index is 13.3. The van der Waals surface area contributed by atoms with Crippen molar-refractivity contribution in [3.63, 3.8) is 0 Å². The van der Waals surface area contributed by atoms with E-state index in [9.17, 15) is 26.4 Å². The van der Waals surface area contributed by atoms with Gasteiger partial charge in [0.15, 0.2) is 11.5 Å². The van der Waals surface area contributed by atoms with Crippen LogP contribution >= 0.6 is 0 Å². The summed E-state index contributed by atoms with van der Waals surface area (Å²) in [6.07, 6.45) is -3.64. The number of alkyl halides is 3. The minimum atomic E-state index is -4.92. The Bertz CT molecular complexity index is 1370. The summed E-state index contributed by atoms with van der Waals surface area (Å²) in [5.41, 5.74) is -1.45. The minimum absolute atomic E-state index is 0.0576. The van der Waals surface area contributed by atoms with Gasteiger partial charge in [0, 0.05) is 23.2 Å². The number of hydrogen-bond donors (Lipinski definition) is 0. The molecule has 0 radical (unpaired) electrons. The first-order valence-electron chi connectivity index (χ1n) is 9.24. The van der Waals surface area contributed by atoms with E-state index in [0.717, 1.165) is 6.07 Å². The molecule has 0 aliphatic carbocycles. The second kappa shape index (κ2) is 9.06. The third-order valence-corrected chi connectivity index (χ3v) is 5.68. The summed E-state index contributed by atoms with van der Waals surface area (Å²) in [5, 5.41) is -0.579. The van der Waals surface area contributed by atoms with Crippen molar-refractivity contribution >= 4 is 9.84 Å². The highest BCUT2D eigenvalue weighted by atomic mass is 32.2. The second-order valence-corrected chi connectivity index (χ2v) is 8.49. The highest BCUT2D eigenvalue weighted by molar-refractivity contribution is 7.94. The molecule has 0 saturated carbocycles. The van der Waals surface area contributed by atoms with Gasteiger partial charge in [0.25, 0.3) is 10.7 Å². The Morgan fingerprint density at radius 3 is 2.36 bits per heavy atom. The molecule has 0 amide bonds. The fraction of sp³-hybridized carbons (Fsp3) is 0.190. The molecule has 0 fully saturated rings. The quantitative estimate of drug-likeness (QED) is 0.478. The monoisotopic (exact) mass is 481 g/mol. The van der Waals surface area contributed by atoms with E-state index in [1.807, 2.05) is 0 Å². The average Bonchev–Trinajstić information content (AvgIpc) is 2.79. The van der Waals surface area contributed by atoms with Crippen molar-refractivity contribution in [2.24, 2.45) is 0 Å². The van der Waals surface area contributed by atoms with Gasteiger partial charge in [-0.2, -0.15) is 13.2 Å². The Hall–Kier alpha value is -3.67. The Kier molecular flexibility index (Phi) is 6.58. The first kappa shape index (κ1) is 24.0. The van der Waals surface area contributed by atoms with E-state index in [4.69, 9.17) is 9.47 Å². The zero-order chi connectivity index (χ0) is 24.4. The van der Waals surface area contributed by atoms with Gasteiger partial charge in [-0.25, -0.2) is 18.4 Å². The molecular formula is C21H18F3N3O5S. The van der Waals surface area contributed by atoms with Gasteiger partial charge in [0.2, 0.25) is 9.84 Å². The zero-order valence-electron chi connectivity index (χ0n) is 17.5. The van der Waals surface area contributed by atoms with E-state index in [1.54, 1.807) is 18.2 Å². The zero-order valence-corrected chi connectivity index (χ0v) is 18.3. The molecule has 33 heavy (non-hydrogen) atoms. The molecule has 8 nitrogen and oxygen atoms in total. The molecule has 12 heteroatoms. The lowest BCUT2D eigenvalue weighted by Gasteiger charge is -2.13. The number of sulfone groups is 1. The van der Waals surface area contributed by atoms with E-state index in [1.165, 1.54) is 31.0 Å². The molecule has 0 bridgehead atoms. The molecule has 0 unspecified atom stereocenters. The van der Waals surface area contributed by atoms with E-state index < -0.39 is 32.4 Å². The van der Waals surface area contributed by atoms with Crippen molar-refractivity contribution < 1.29 is 31.1 Å². The predicted molar refractivity (Wildman–Crippen MR) is 113 cm³/mol. The van der Waals surface area contributed by atoms with Crippen LogP contribution in [0.15, 0.2) is 64.5 Å². The van der Waals surface area contributed by atoms with Crippen LogP contribution in [0.2, 0.25) is 0 Å². The highest BCUT2D eigenvalue weighted by Gasteiger charge is 2.35. The smallest absolute Gasteiger partial charge is 0.433 e. The van der Waals surface area contributed by atoms with Gasteiger partial charge < -0.3 is 14.0 Å². The number of methoxy groups -OCH3 is 2.